The number of aromatic nitrogens is 2. The highest BCUT2D eigenvalue weighted by atomic mass is 16.5. The molecule has 7 heteroatoms. The molecule has 2 N–H and O–H groups in total. The fourth-order valence-electron chi connectivity index (χ4n) is 4.25. The van der Waals surface area contributed by atoms with E-state index < -0.39 is 0 Å². The number of piperidine rings is 1. The number of methoxy groups -OCH3 is 1. The SMILES string of the molecule is COc1ccc(CN(C)CC(=O)N2CCC(c3ccc(-c4ccc(N)nc4)cn3)CC2)cc1. The van der Waals surface area contributed by atoms with Crippen LogP contribution >= 0.6 is 0 Å². The van der Waals surface area contributed by atoms with Crippen LogP contribution in [0.25, 0.3) is 11.1 Å². The summed E-state index contributed by atoms with van der Waals surface area (Å²) >= 11 is 0. The number of likely N-dealkylation sites (N-methyl/N-ethyl adjacent to an activating group) is 1. The van der Waals surface area contributed by atoms with Crippen molar-refractivity contribution in [1.82, 2.24) is 19.8 Å². The number of pyridine rings is 2. The number of nitrogen functional groups attached to an aromatic ring is 1. The van der Waals surface area contributed by atoms with Crippen LogP contribution in [0.3, 0.4) is 0 Å². The summed E-state index contributed by atoms with van der Waals surface area (Å²) < 4.78 is 5.20. The number of benzene rings is 1. The van der Waals surface area contributed by atoms with E-state index in [4.69, 9.17) is 15.5 Å². The first-order valence-corrected chi connectivity index (χ1v) is 11.3. The highest BCUT2D eigenvalue weighted by Crippen LogP contribution is 2.28. The molecule has 172 valence electrons. The van der Waals surface area contributed by atoms with Gasteiger partial charge in [0.25, 0.3) is 0 Å². The van der Waals surface area contributed by atoms with E-state index in [0.717, 1.165) is 60.6 Å². The van der Waals surface area contributed by atoms with E-state index in [-0.39, 0.29) is 5.91 Å². The maximum atomic E-state index is 12.8. The minimum absolute atomic E-state index is 0.184. The third-order valence-corrected chi connectivity index (χ3v) is 6.19. The number of carbonyl (C=O) groups is 1. The Labute approximate surface area is 195 Å². The molecule has 1 aliphatic rings. The van der Waals surface area contributed by atoms with Gasteiger partial charge in [0.1, 0.15) is 11.6 Å². The van der Waals surface area contributed by atoms with Gasteiger partial charge in [-0.25, -0.2) is 4.98 Å². The van der Waals surface area contributed by atoms with Crippen molar-refractivity contribution in [3.63, 3.8) is 0 Å². The van der Waals surface area contributed by atoms with E-state index in [0.29, 0.717) is 18.3 Å². The lowest BCUT2D eigenvalue weighted by Crippen LogP contribution is -2.43. The molecule has 1 aliphatic heterocycles. The van der Waals surface area contributed by atoms with Crippen LogP contribution in [0.5, 0.6) is 5.75 Å². The Morgan fingerprint density at radius 3 is 2.27 bits per heavy atom. The van der Waals surface area contributed by atoms with Crippen molar-refractivity contribution in [3.8, 4) is 16.9 Å². The Kier molecular flexibility index (Phi) is 7.19. The Morgan fingerprint density at radius 1 is 1.03 bits per heavy atom. The van der Waals surface area contributed by atoms with Gasteiger partial charge in [0.05, 0.1) is 13.7 Å². The molecule has 0 spiro atoms. The smallest absolute Gasteiger partial charge is 0.236 e. The molecule has 1 amide bonds. The van der Waals surface area contributed by atoms with Crippen molar-refractivity contribution in [2.24, 2.45) is 0 Å². The van der Waals surface area contributed by atoms with Crippen LogP contribution in [0.4, 0.5) is 5.82 Å². The molecule has 33 heavy (non-hydrogen) atoms. The number of hydrogen-bond acceptors (Lipinski definition) is 6. The topological polar surface area (TPSA) is 84.6 Å². The largest absolute Gasteiger partial charge is 0.497 e. The molecule has 0 atom stereocenters. The first-order chi connectivity index (χ1) is 16.0. The zero-order chi connectivity index (χ0) is 23.2. The van der Waals surface area contributed by atoms with Gasteiger partial charge in [0, 0.05) is 54.8 Å². The van der Waals surface area contributed by atoms with Crippen LogP contribution in [0.15, 0.2) is 60.9 Å². The van der Waals surface area contributed by atoms with Gasteiger partial charge in [0.2, 0.25) is 5.91 Å². The zero-order valence-electron chi connectivity index (χ0n) is 19.3. The molecule has 2 aromatic heterocycles. The second-order valence-corrected chi connectivity index (χ2v) is 8.62. The third-order valence-electron chi connectivity index (χ3n) is 6.19. The van der Waals surface area contributed by atoms with Crippen molar-refractivity contribution in [3.05, 3.63) is 72.2 Å². The van der Waals surface area contributed by atoms with Gasteiger partial charge in [-0.05, 0) is 55.8 Å². The van der Waals surface area contributed by atoms with Crippen LogP contribution in [-0.4, -0.2) is 59.5 Å². The molecule has 0 bridgehead atoms. The molecule has 7 nitrogen and oxygen atoms in total. The number of rotatable bonds is 7. The van der Waals surface area contributed by atoms with Gasteiger partial charge in [0.15, 0.2) is 0 Å². The van der Waals surface area contributed by atoms with Crippen LogP contribution in [0, 0.1) is 0 Å². The summed E-state index contributed by atoms with van der Waals surface area (Å²) in [7, 11) is 3.64. The minimum Gasteiger partial charge on any atom is -0.497 e. The lowest BCUT2D eigenvalue weighted by Gasteiger charge is -2.33. The molecule has 1 aromatic carbocycles. The lowest BCUT2D eigenvalue weighted by atomic mass is 9.92. The van der Waals surface area contributed by atoms with E-state index in [1.54, 1.807) is 19.4 Å². The molecule has 3 aromatic rings. The van der Waals surface area contributed by atoms with Gasteiger partial charge in [-0.1, -0.05) is 18.2 Å². The summed E-state index contributed by atoms with van der Waals surface area (Å²) in [6, 6.07) is 15.9. The quantitative estimate of drug-likeness (QED) is 0.599. The van der Waals surface area contributed by atoms with E-state index in [1.807, 2.05) is 48.5 Å². The molecular formula is C26H31N5O2. The molecule has 0 aliphatic carbocycles. The number of amides is 1. The van der Waals surface area contributed by atoms with Gasteiger partial charge in [-0.3, -0.25) is 14.7 Å². The van der Waals surface area contributed by atoms with Crippen molar-refractivity contribution >= 4 is 11.7 Å². The number of ether oxygens (including phenoxy) is 1. The van der Waals surface area contributed by atoms with E-state index in [1.165, 1.54) is 0 Å². The maximum Gasteiger partial charge on any atom is 0.236 e. The normalized spacial score (nSPS) is 14.5. The standard InChI is InChI=1S/C26H31N5O2/c1-30(17-19-3-7-23(33-2)8-4-19)18-26(32)31-13-11-20(12-14-31)24-9-5-21(15-28-24)22-6-10-25(27)29-16-22/h3-10,15-16,20H,11-14,17-18H2,1-2H3,(H2,27,29). The van der Waals surface area contributed by atoms with Crippen molar-refractivity contribution < 1.29 is 9.53 Å². The molecule has 3 heterocycles. The van der Waals surface area contributed by atoms with Crippen LogP contribution in [-0.2, 0) is 11.3 Å². The molecule has 0 saturated carbocycles. The average molecular weight is 446 g/mol. The molecule has 0 unspecified atom stereocenters. The Bertz CT molecular complexity index is 1040. The summed E-state index contributed by atoms with van der Waals surface area (Å²) in [6.07, 6.45) is 5.53. The number of likely N-dealkylation sites (tertiary alicyclic amines) is 1. The monoisotopic (exact) mass is 445 g/mol. The van der Waals surface area contributed by atoms with Crippen LogP contribution in [0.2, 0.25) is 0 Å². The highest BCUT2D eigenvalue weighted by Gasteiger charge is 2.25. The second kappa shape index (κ2) is 10.4. The zero-order valence-corrected chi connectivity index (χ0v) is 19.3. The molecule has 0 radical (unpaired) electrons. The predicted molar refractivity (Wildman–Crippen MR) is 130 cm³/mol. The number of anilines is 1. The molecule has 1 saturated heterocycles. The first kappa shape index (κ1) is 22.7. The van der Waals surface area contributed by atoms with Crippen LogP contribution < -0.4 is 10.5 Å². The summed E-state index contributed by atoms with van der Waals surface area (Å²) in [5, 5.41) is 0. The Hall–Kier alpha value is -3.45. The Balaban J connectivity index is 1.26. The van der Waals surface area contributed by atoms with Gasteiger partial charge >= 0.3 is 0 Å². The number of hydrogen-bond donors (Lipinski definition) is 1. The molecular weight excluding hydrogens is 414 g/mol. The van der Waals surface area contributed by atoms with E-state index in [9.17, 15) is 4.79 Å². The summed E-state index contributed by atoms with van der Waals surface area (Å²) in [6.45, 7) is 2.68. The summed E-state index contributed by atoms with van der Waals surface area (Å²) in [5.74, 6) is 1.91. The lowest BCUT2D eigenvalue weighted by molar-refractivity contribution is -0.133. The first-order valence-electron chi connectivity index (χ1n) is 11.3. The Morgan fingerprint density at radius 2 is 1.70 bits per heavy atom. The fourth-order valence-corrected chi connectivity index (χ4v) is 4.25. The van der Waals surface area contributed by atoms with Gasteiger partial charge in [-0.15, -0.1) is 0 Å². The number of nitrogens with zero attached hydrogens (tertiary/aromatic N) is 4. The summed E-state index contributed by atoms with van der Waals surface area (Å²) in [5.41, 5.74) is 9.95. The third kappa shape index (κ3) is 5.87. The number of carbonyl (C=O) groups excluding carboxylic acids is 1. The molecule has 1 fully saturated rings. The summed E-state index contributed by atoms with van der Waals surface area (Å²) in [4.78, 5) is 25.7. The van der Waals surface area contributed by atoms with Crippen molar-refractivity contribution in [2.75, 3.05) is 39.5 Å². The van der Waals surface area contributed by atoms with Crippen molar-refractivity contribution in [1.29, 1.82) is 0 Å². The number of nitrogens with two attached hydrogens (primary N) is 1. The van der Waals surface area contributed by atoms with Crippen molar-refractivity contribution in [2.45, 2.75) is 25.3 Å². The average Bonchev–Trinajstić information content (AvgIpc) is 2.85. The van der Waals surface area contributed by atoms with Crippen LogP contribution in [0.1, 0.15) is 30.0 Å². The van der Waals surface area contributed by atoms with Gasteiger partial charge < -0.3 is 15.4 Å². The molecule has 4 rings (SSSR count). The predicted octanol–water partition coefficient (Wildman–Crippen LogP) is 3.57. The minimum atomic E-state index is 0.184. The van der Waals surface area contributed by atoms with Gasteiger partial charge in [-0.2, -0.15) is 0 Å². The maximum absolute atomic E-state index is 12.8. The second-order valence-electron chi connectivity index (χ2n) is 8.62. The fraction of sp³-hybridized carbons (Fsp3) is 0.346. The highest BCUT2D eigenvalue weighted by molar-refractivity contribution is 5.78. The van der Waals surface area contributed by atoms with E-state index in [2.05, 4.69) is 22.0 Å². The van der Waals surface area contributed by atoms with E-state index >= 15 is 0 Å².